The second-order valence-electron chi connectivity index (χ2n) is 8.22. The zero-order valence-corrected chi connectivity index (χ0v) is 19.3. The van der Waals surface area contributed by atoms with E-state index in [9.17, 15) is 13.2 Å². The second kappa shape index (κ2) is 9.29. The van der Waals surface area contributed by atoms with Crippen molar-refractivity contribution in [1.29, 1.82) is 0 Å². The molecule has 172 valence electrons. The van der Waals surface area contributed by atoms with Gasteiger partial charge in [0.1, 0.15) is 6.54 Å². The number of carbonyl (C=O) groups excluding carboxylic acids is 1. The third-order valence-electron chi connectivity index (χ3n) is 5.83. The minimum Gasteiger partial charge on any atom is -0.372 e. The highest BCUT2D eigenvalue weighted by atomic mass is 32.2. The molecule has 4 aromatic rings. The molecular weight excluding hydrogens is 448 g/mol. The van der Waals surface area contributed by atoms with E-state index in [1.807, 2.05) is 66.7 Å². The molecule has 0 atom stereocenters. The van der Waals surface area contributed by atoms with Crippen LogP contribution < -0.4 is 9.62 Å². The molecular formula is C27H24N2O4S. The fraction of sp³-hybridized carbons (Fsp3) is 0.148. The summed E-state index contributed by atoms with van der Waals surface area (Å²) >= 11 is 0. The number of nitrogens with zero attached hydrogens (tertiary/aromatic N) is 1. The largest absolute Gasteiger partial charge is 0.372 e. The number of hydrogen-bond acceptors (Lipinski definition) is 4. The predicted molar refractivity (Wildman–Crippen MR) is 132 cm³/mol. The first kappa shape index (κ1) is 22.1. The summed E-state index contributed by atoms with van der Waals surface area (Å²) in [6.07, 6.45) is 0. The standard InChI is InChI=1S/C27H24N2O4S/c30-26(17-29-24-13-5-11-23-12-6-14-25(27(23)24)34(29,31)32)28-16-21-9-4-10-22(15-21)19-33-18-20-7-2-1-3-8-20/h1-15H,16-19H2,(H,28,30). The highest BCUT2D eigenvalue weighted by Gasteiger charge is 2.36. The lowest BCUT2D eigenvalue weighted by Crippen LogP contribution is -2.38. The van der Waals surface area contributed by atoms with Crippen molar-refractivity contribution in [2.24, 2.45) is 0 Å². The van der Waals surface area contributed by atoms with Crippen LogP contribution >= 0.6 is 0 Å². The number of rotatable bonds is 8. The Morgan fingerprint density at radius 3 is 2.29 bits per heavy atom. The Hall–Kier alpha value is -3.68. The summed E-state index contributed by atoms with van der Waals surface area (Å²) in [5.41, 5.74) is 3.58. The van der Waals surface area contributed by atoms with E-state index in [-0.39, 0.29) is 17.3 Å². The molecule has 6 nitrogen and oxygen atoms in total. The third-order valence-corrected chi connectivity index (χ3v) is 7.63. The fourth-order valence-electron chi connectivity index (χ4n) is 4.21. The average Bonchev–Trinajstić information content (AvgIpc) is 3.07. The van der Waals surface area contributed by atoms with Gasteiger partial charge in [0.25, 0.3) is 10.0 Å². The van der Waals surface area contributed by atoms with Crippen molar-refractivity contribution in [3.63, 3.8) is 0 Å². The SMILES string of the molecule is O=C(CN1c2cccc3cccc(c23)S1(=O)=O)NCc1cccc(COCc2ccccc2)c1. The number of hydrogen-bond donors (Lipinski definition) is 1. The predicted octanol–water partition coefficient (Wildman–Crippen LogP) is 4.38. The Morgan fingerprint density at radius 1 is 0.794 bits per heavy atom. The van der Waals surface area contributed by atoms with Gasteiger partial charge in [-0.2, -0.15) is 0 Å². The van der Waals surface area contributed by atoms with Crippen molar-refractivity contribution in [3.05, 3.63) is 108 Å². The Labute approximate surface area is 198 Å². The normalized spacial score (nSPS) is 13.8. The molecule has 0 fully saturated rings. The smallest absolute Gasteiger partial charge is 0.265 e. The average molecular weight is 473 g/mol. The number of nitrogens with one attached hydrogen (secondary N) is 1. The van der Waals surface area contributed by atoms with E-state index in [0.717, 1.165) is 22.1 Å². The first-order valence-electron chi connectivity index (χ1n) is 11.0. The van der Waals surface area contributed by atoms with Crippen LogP contribution in [-0.2, 0) is 39.3 Å². The maximum absolute atomic E-state index is 13.1. The minimum absolute atomic E-state index is 0.247. The maximum Gasteiger partial charge on any atom is 0.265 e. The molecule has 7 heteroatoms. The number of ether oxygens (including phenoxy) is 1. The number of benzene rings is 4. The van der Waals surface area contributed by atoms with E-state index in [4.69, 9.17) is 4.74 Å². The molecule has 0 aromatic heterocycles. The Balaban J connectivity index is 1.20. The molecule has 0 bridgehead atoms. The lowest BCUT2D eigenvalue weighted by Gasteiger charge is -2.18. The van der Waals surface area contributed by atoms with Crippen molar-refractivity contribution in [2.75, 3.05) is 10.8 Å². The van der Waals surface area contributed by atoms with Crippen LogP contribution in [0.4, 0.5) is 5.69 Å². The van der Waals surface area contributed by atoms with Crippen LogP contribution in [0, 0.1) is 0 Å². The molecule has 5 rings (SSSR count). The van der Waals surface area contributed by atoms with Crippen LogP contribution in [0.1, 0.15) is 16.7 Å². The molecule has 0 saturated heterocycles. The summed E-state index contributed by atoms with van der Waals surface area (Å²) in [4.78, 5) is 12.9. The lowest BCUT2D eigenvalue weighted by molar-refractivity contribution is -0.119. The van der Waals surface area contributed by atoms with Gasteiger partial charge >= 0.3 is 0 Å². The third kappa shape index (κ3) is 4.40. The molecule has 1 N–H and O–H groups in total. The van der Waals surface area contributed by atoms with Gasteiger partial charge in [-0.15, -0.1) is 0 Å². The van der Waals surface area contributed by atoms with Crippen LogP contribution in [0.15, 0.2) is 95.9 Å². The molecule has 1 heterocycles. The van der Waals surface area contributed by atoms with Gasteiger partial charge in [0, 0.05) is 11.9 Å². The second-order valence-corrected chi connectivity index (χ2v) is 10.0. The molecule has 4 aromatic carbocycles. The van der Waals surface area contributed by atoms with Crippen LogP contribution in [0.5, 0.6) is 0 Å². The fourth-order valence-corrected chi connectivity index (χ4v) is 5.87. The molecule has 34 heavy (non-hydrogen) atoms. The van der Waals surface area contributed by atoms with Crippen LogP contribution in [-0.4, -0.2) is 20.9 Å². The molecule has 0 aliphatic carbocycles. The van der Waals surface area contributed by atoms with Gasteiger partial charge < -0.3 is 10.1 Å². The summed E-state index contributed by atoms with van der Waals surface area (Å²) in [6.45, 7) is 1.03. The molecule has 1 aliphatic rings. The van der Waals surface area contributed by atoms with Crippen molar-refractivity contribution in [3.8, 4) is 0 Å². The van der Waals surface area contributed by atoms with Crippen molar-refractivity contribution >= 4 is 32.4 Å². The molecule has 0 spiro atoms. The van der Waals surface area contributed by atoms with E-state index in [1.54, 1.807) is 24.3 Å². The summed E-state index contributed by atoms with van der Waals surface area (Å²) in [7, 11) is -3.76. The van der Waals surface area contributed by atoms with Gasteiger partial charge in [0.2, 0.25) is 5.91 Å². The molecule has 1 amide bonds. The van der Waals surface area contributed by atoms with Gasteiger partial charge in [-0.05, 0) is 34.2 Å². The monoisotopic (exact) mass is 472 g/mol. The number of anilines is 1. The Bertz CT molecular complexity index is 1450. The van der Waals surface area contributed by atoms with E-state index in [1.165, 1.54) is 4.31 Å². The first-order valence-corrected chi connectivity index (χ1v) is 12.5. The van der Waals surface area contributed by atoms with E-state index >= 15 is 0 Å². The van der Waals surface area contributed by atoms with Crippen molar-refractivity contribution in [1.82, 2.24) is 5.32 Å². The molecule has 0 radical (unpaired) electrons. The first-order chi connectivity index (χ1) is 16.5. The summed E-state index contributed by atoms with van der Waals surface area (Å²) in [6, 6.07) is 28.4. The van der Waals surface area contributed by atoms with E-state index in [0.29, 0.717) is 30.8 Å². The number of carbonyl (C=O) groups is 1. The van der Waals surface area contributed by atoms with Crippen LogP contribution in [0.2, 0.25) is 0 Å². The highest BCUT2D eigenvalue weighted by molar-refractivity contribution is 7.93. The lowest BCUT2D eigenvalue weighted by atomic mass is 10.1. The quantitative estimate of drug-likeness (QED) is 0.413. The van der Waals surface area contributed by atoms with Gasteiger partial charge in [-0.3, -0.25) is 9.10 Å². The topological polar surface area (TPSA) is 75.7 Å². The minimum atomic E-state index is -3.76. The molecule has 0 saturated carbocycles. The number of amides is 1. The highest BCUT2D eigenvalue weighted by Crippen LogP contribution is 2.41. The van der Waals surface area contributed by atoms with Gasteiger partial charge in [-0.1, -0.05) is 78.9 Å². The Morgan fingerprint density at radius 2 is 1.47 bits per heavy atom. The summed E-state index contributed by atoms with van der Waals surface area (Å²) in [5.74, 6) is -0.362. The van der Waals surface area contributed by atoms with Gasteiger partial charge in [0.15, 0.2) is 0 Å². The molecule has 1 aliphatic heterocycles. The van der Waals surface area contributed by atoms with Gasteiger partial charge in [0.05, 0.1) is 23.8 Å². The maximum atomic E-state index is 13.1. The summed E-state index contributed by atoms with van der Waals surface area (Å²) in [5, 5.41) is 4.35. The van der Waals surface area contributed by atoms with Crippen LogP contribution in [0.3, 0.4) is 0 Å². The van der Waals surface area contributed by atoms with E-state index < -0.39 is 10.0 Å². The van der Waals surface area contributed by atoms with Crippen molar-refractivity contribution < 1.29 is 17.9 Å². The van der Waals surface area contributed by atoms with E-state index in [2.05, 4.69) is 5.32 Å². The van der Waals surface area contributed by atoms with Gasteiger partial charge in [-0.25, -0.2) is 8.42 Å². The molecule has 0 unspecified atom stereocenters. The zero-order valence-electron chi connectivity index (χ0n) is 18.5. The van der Waals surface area contributed by atoms with Crippen LogP contribution in [0.25, 0.3) is 10.8 Å². The van der Waals surface area contributed by atoms with Crippen molar-refractivity contribution in [2.45, 2.75) is 24.7 Å². The number of sulfonamides is 1. The summed E-state index contributed by atoms with van der Waals surface area (Å²) < 4.78 is 33.1. The zero-order chi connectivity index (χ0) is 23.5. The Kier molecular flexibility index (Phi) is 6.04.